The molecule has 25 heavy (non-hydrogen) atoms. The fourth-order valence-corrected chi connectivity index (χ4v) is 3.07. The minimum atomic E-state index is -4.65. The van der Waals surface area contributed by atoms with Crippen LogP contribution in [0, 0.1) is 0 Å². The number of hydrogen-bond donors (Lipinski definition) is 1. The molecule has 0 aliphatic rings. The van der Waals surface area contributed by atoms with Crippen molar-refractivity contribution in [2.75, 3.05) is 6.61 Å². The van der Waals surface area contributed by atoms with Gasteiger partial charge in [-0.3, -0.25) is 4.55 Å². The molecule has 0 aromatic carbocycles. The van der Waals surface area contributed by atoms with Gasteiger partial charge in [-0.05, 0) is 12.8 Å². The van der Waals surface area contributed by atoms with Crippen LogP contribution in [-0.4, -0.2) is 31.7 Å². The number of hydrogen-bond acceptors (Lipinski definition) is 5. The van der Waals surface area contributed by atoms with E-state index < -0.39 is 22.5 Å². The zero-order valence-corrected chi connectivity index (χ0v) is 16.7. The van der Waals surface area contributed by atoms with Crippen molar-refractivity contribution in [1.82, 2.24) is 0 Å². The molecule has 0 amide bonds. The third kappa shape index (κ3) is 16.6. The second kappa shape index (κ2) is 15.6. The van der Waals surface area contributed by atoms with Crippen LogP contribution in [0.4, 0.5) is 0 Å². The maximum Gasteiger partial charge on any atom is 0.398 e. The molecule has 0 radical (unpaired) electrons. The molecule has 6 nitrogen and oxygen atoms in total. The molecule has 1 atom stereocenters. The molecule has 0 aromatic heterocycles. The molecular weight excluding hydrogens is 344 g/mol. The lowest BCUT2D eigenvalue weighted by Crippen LogP contribution is -2.29. The number of unbranched alkanes of at least 4 members (excludes halogenated alkanes) is 10. The molecule has 0 aliphatic carbocycles. The summed E-state index contributed by atoms with van der Waals surface area (Å²) in [6.45, 7) is 4.39. The van der Waals surface area contributed by atoms with Crippen molar-refractivity contribution >= 4 is 16.4 Å². The zero-order valence-electron chi connectivity index (χ0n) is 15.9. The predicted octanol–water partition coefficient (Wildman–Crippen LogP) is 4.83. The lowest BCUT2D eigenvalue weighted by Gasteiger charge is -2.14. The van der Waals surface area contributed by atoms with Crippen LogP contribution in [0.15, 0.2) is 0 Å². The molecule has 150 valence electrons. The Balaban J connectivity index is 3.74. The summed E-state index contributed by atoms with van der Waals surface area (Å²) < 4.78 is 39.8. The number of carbonyl (C=O) groups is 1. The summed E-state index contributed by atoms with van der Waals surface area (Å²) in [5.41, 5.74) is 0. The molecule has 0 bridgehead atoms. The SMILES string of the molecule is CCCCCCCCCCCCOC(=O)C(CCCC)OS(=O)(=O)O. The van der Waals surface area contributed by atoms with Crippen LogP contribution in [0.5, 0.6) is 0 Å². The van der Waals surface area contributed by atoms with E-state index in [9.17, 15) is 13.2 Å². The van der Waals surface area contributed by atoms with Crippen LogP contribution in [-0.2, 0) is 24.1 Å². The summed E-state index contributed by atoms with van der Waals surface area (Å²) in [6.07, 6.45) is 12.2. The van der Waals surface area contributed by atoms with E-state index in [4.69, 9.17) is 9.29 Å². The van der Waals surface area contributed by atoms with Crippen LogP contribution in [0.1, 0.15) is 97.3 Å². The quantitative estimate of drug-likeness (QED) is 0.221. The van der Waals surface area contributed by atoms with Crippen molar-refractivity contribution in [3.8, 4) is 0 Å². The van der Waals surface area contributed by atoms with Crippen LogP contribution in [0.3, 0.4) is 0 Å². The topological polar surface area (TPSA) is 89.9 Å². The lowest BCUT2D eigenvalue weighted by molar-refractivity contribution is -0.152. The molecule has 0 spiro atoms. The van der Waals surface area contributed by atoms with Gasteiger partial charge in [-0.15, -0.1) is 0 Å². The largest absolute Gasteiger partial charge is 0.464 e. The van der Waals surface area contributed by atoms with Crippen LogP contribution >= 0.6 is 0 Å². The molecule has 0 aromatic rings. The van der Waals surface area contributed by atoms with Gasteiger partial charge in [0, 0.05) is 0 Å². The molecule has 0 saturated heterocycles. The highest BCUT2D eigenvalue weighted by atomic mass is 32.3. The van der Waals surface area contributed by atoms with E-state index in [2.05, 4.69) is 11.1 Å². The summed E-state index contributed by atoms with van der Waals surface area (Å²) in [5, 5.41) is 0. The summed E-state index contributed by atoms with van der Waals surface area (Å²) in [7, 11) is -4.65. The Morgan fingerprint density at radius 2 is 1.32 bits per heavy atom. The molecule has 1 unspecified atom stereocenters. The van der Waals surface area contributed by atoms with E-state index in [0.29, 0.717) is 6.42 Å². The molecule has 0 fully saturated rings. The Labute approximate surface area is 153 Å². The average molecular weight is 381 g/mol. The minimum Gasteiger partial charge on any atom is -0.464 e. The Kier molecular flexibility index (Phi) is 15.2. The highest BCUT2D eigenvalue weighted by Crippen LogP contribution is 2.12. The third-order valence-electron chi connectivity index (χ3n) is 4.06. The van der Waals surface area contributed by atoms with Crippen molar-refractivity contribution < 1.29 is 26.7 Å². The van der Waals surface area contributed by atoms with Gasteiger partial charge in [-0.1, -0.05) is 84.5 Å². The first-order chi connectivity index (χ1) is 11.9. The summed E-state index contributed by atoms with van der Waals surface area (Å²) in [5.74, 6) is -0.720. The van der Waals surface area contributed by atoms with Gasteiger partial charge in [0.25, 0.3) is 0 Å². The standard InChI is InChI=1S/C18H36O6S/c1-3-5-7-8-9-10-11-12-13-14-16-23-18(19)17(15-6-4-2)24-25(20,21)22/h17H,3-16H2,1-2H3,(H,20,21,22). The van der Waals surface area contributed by atoms with Crippen molar-refractivity contribution in [2.24, 2.45) is 0 Å². The first-order valence-electron chi connectivity index (χ1n) is 9.73. The Morgan fingerprint density at radius 1 is 0.840 bits per heavy atom. The van der Waals surface area contributed by atoms with Gasteiger partial charge in [-0.25, -0.2) is 8.98 Å². The first kappa shape index (κ1) is 24.3. The van der Waals surface area contributed by atoms with Gasteiger partial charge in [-0.2, -0.15) is 8.42 Å². The van der Waals surface area contributed by atoms with Gasteiger partial charge < -0.3 is 4.74 Å². The van der Waals surface area contributed by atoms with Gasteiger partial charge in [0.05, 0.1) is 6.61 Å². The van der Waals surface area contributed by atoms with Crippen molar-refractivity contribution in [3.63, 3.8) is 0 Å². The van der Waals surface area contributed by atoms with E-state index >= 15 is 0 Å². The van der Waals surface area contributed by atoms with Gasteiger partial charge in [0.1, 0.15) is 0 Å². The summed E-state index contributed by atoms with van der Waals surface area (Å²) in [6, 6.07) is 0. The lowest BCUT2D eigenvalue weighted by atomic mass is 10.1. The van der Waals surface area contributed by atoms with E-state index in [-0.39, 0.29) is 13.0 Å². The Morgan fingerprint density at radius 3 is 1.80 bits per heavy atom. The Bertz CT molecular complexity index is 421. The van der Waals surface area contributed by atoms with E-state index in [0.717, 1.165) is 25.7 Å². The van der Waals surface area contributed by atoms with Crippen molar-refractivity contribution in [3.05, 3.63) is 0 Å². The highest BCUT2D eigenvalue weighted by Gasteiger charge is 2.25. The summed E-state index contributed by atoms with van der Waals surface area (Å²) >= 11 is 0. The van der Waals surface area contributed by atoms with Gasteiger partial charge in [0.2, 0.25) is 0 Å². The minimum absolute atomic E-state index is 0.215. The fourth-order valence-electron chi connectivity index (χ4n) is 2.60. The van der Waals surface area contributed by atoms with Crippen molar-refractivity contribution in [1.29, 1.82) is 0 Å². The number of carbonyl (C=O) groups excluding carboxylic acids is 1. The van der Waals surface area contributed by atoms with Crippen molar-refractivity contribution in [2.45, 2.75) is 103 Å². The number of ether oxygens (including phenoxy) is 1. The monoisotopic (exact) mass is 380 g/mol. The Hall–Kier alpha value is -0.660. The fraction of sp³-hybridized carbons (Fsp3) is 0.944. The summed E-state index contributed by atoms with van der Waals surface area (Å²) in [4.78, 5) is 11.9. The van der Waals surface area contributed by atoms with Crippen LogP contribution < -0.4 is 0 Å². The molecule has 1 N–H and O–H groups in total. The number of rotatable bonds is 17. The molecule has 0 aliphatic heterocycles. The smallest absolute Gasteiger partial charge is 0.398 e. The van der Waals surface area contributed by atoms with E-state index in [1.165, 1.54) is 44.9 Å². The predicted molar refractivity (Wildman–Crippen MR) is 98.7 cm³/mol. The molecule has 0 saturated carbocycles. The molecule has 0 heterocycles. The third-order valence-corrected chi connectivity index (χ3v) is 4.54. The second-order valence-corrected chi connectivity index (χ2v) is 7.55. The van der Waals surface area contributed by atoms with Gasteiger partial charge in [0.15, 0.2) is 6.10 Å². The maximum atomic E-state index is 11.9. The normalized spacial score (nSPS) is 12.9. The molecule has 7 heteroatoms. The van der Waals surface area contributed by atoms with E-state index in [1.807, 2.05) is 6.92 Å². The van der Waals surface area contributed by atoms with Crippen LogP contribution in [0.25, 0.3) is 0 Å². The first-order valence-corrected chi connectivity index (χ1v) is 11.1. The maximum absolute atomic E-state index is 11.9. The molecule has 0 rings (SSSR count). The highest BCUT2D eigenvalue weighted by molar-refractivity contribution is 7.80. The molecular formula is C18H36O6S. The zero-order chi connectivity index (χ0) is 19.0. The number of esters is 1. The second-order valence-electron chi connectivity index (χ2n) is 6.50. The average Bonchev–Trinajstić information content (AvgIpc) is 2.55. The van der Waals surface area contributed by atoms with Gasteiger partial charge >= 0.3 is 16.4 Å². The van der Waals surface area contributed by atoms with Crippen LogP contribution in [0.2, 0.25) is 0 Å². The van der Waals surface area contributed by atoms with E-state index in [1.54, 1.807) is 0 Å².